The molecule has 1 amide bonds. The van der Waals surface area contributed by atoms with E-state index in [2.05, 4.69) is 0 Å². The molecular weight excluding hydrogens is 170 g/mol. The highest BCUT2D eigenvalue weighted by Crippen LogP contribution is 2.47. The highest BCUT2D eigenvalue weighted by atomic mass is 16.4. The van der Waals surface area contributed by atoms with E-state index in [0.29, 0.717) is 0 Å². The van der Waals surface area contributed by atoms with Crippen LogP contribution >= 0.6 is 0 Å². The molecule has 1 fully saturated rings. The number of nitrogens with two attached hydrogens (primary N) is 1. The second-order valence-electron chi connectivity index (χ2n) is 3.74. The molecule has 0 heterocycles. The van der Waals surface area contributed by atoms with Crippen molar-refractivity contribution in [2.45, 2.75) is 6.42 Å². The molecule has 1 saturated carbocycles. The number of carboxylic acids is 1. The average molecular weight is 181 g/mol. The molecule has 0 aromatic heterocycles. The first-order chi connectivity index (χ1) is 6.11. The number of hydrogen-bond donors (Lipinski definition) is 2. The number of amides is 1. The number of carbonyl (C=O) groups excluding carboxylic acids is 1. The van der Waals surface area contributed by atoms with Gasteiger partial charge in [-0.3, -0.25) is 9.59 Å². The SMILES string of the molecule is NC(=O)[C@H]1[C@@H](C(=O)O)[C@H]2C=C[C@@H]1C2. The second-order valence-corrected chi connectivity index (χ2v) is 3.74. The van der Waals surface area contributed by atoms with Crippen molar-refractivity contribution in [3.8, 4) is 0 Å². The number of hydrogen-bond acceptors (Lipinski definition) is 2. The summed E-state index contributed by atoms with van der Waals surface area (Å²) in [7, 11) is 0. The van der Waals surface area contributed by atoms with Gasteiger partial charge in [-0.25, -0.2) is 0 Å². The molecule has 0 spiro atoms. The zero-order valence-corrected chi connectivity index (χ0v) is 7.01. The molecule has 0 aromatic rings. The zero-order chi connectivity index (χ0) is 9.59. The van der Waals surface area contributed by atoms with Gasteiger partial charge < -0.3 is 10.8 Å². The molecule has 3 N–H and O–H groups in total. The van der Waals surface area contributed by atoms with Crippen molar-refractivity contribution in [1.82, 2.24) is 0 Å². The Kier molecular flexibility index (Phi) is 1.65. The van der Waals surface area contributed by atoms with Crippen molar-refractivity contribution in [3.63, 3.8) is 0 Å². The third kappa shape index (κ3) is 1.05. The molecule has 2 aliphatic rings. The molecule has 4 nitrogen and oxygen atoms in total. The van der Waals surface area contributed by atoms with E-state index in [0.717, 1.165) is 6.42 Å². The summed E-state index contributed by atoms with van der Waals surface area (Å²) in [5.74, 6) is -2.39. The molecule has 0 radical (unpaired) electrons. The van der Waals surface area contributed by atoms with Gasteiger partial charge in [-0.15, -0.1) is 0 Å². The number of aliphatic carboxylic acids is 1. The van der Waals surface area contributed by atoms with E-state index < -0.39 is 23.7 Å². The Morgan fingerprint density at radius 2 is 1.77 bits per heavy atom. The summed E-state index contributed by atoms with van der Waals surface area (Å²) >= 11 is 0. The fraction of sp³-hybridized carbons (Fsp3) is 0.556. The lowest BCUT2D eigenvalue weighted by atomic mass is 9.83. The first-order valence-electron chi connectivity index (χ1n) is 4.31. The summed E-state index contributed by atoms with van der Waals surface area (Å²) < 4.78 is 0. The number of carbonyl (C=O) groups is 2. The minimum Gasteiger partial charge on any atom is -0.481 e. The van der Waals surface area contributed by atoms with Crippen molar-refractivity contribution < 1.29 is 14.7 Å². The quantitative estimate of drug-likeness (QED) is 0.588. The van der Waals surface area contributed by atoms with Gasteiger partial charge in [-0.05, 0) is 18.3 Å². The summed E-state index contributed by atoms with van der Waals surface area (Å²) in [5, 5.41) is 8.91. The fourth-order valence-corrected chi connectivity index (χ4v) is 2.55. The summed E-state index contributed by atoms with van der Waals surface area (Å²) in [6.45, 7) is 0. The van der Waals surface area contributed by atoms with E-state index >= 15 is 0 Å². The maximum absolute atomic E-state index is 11.0. The first-order valence-corrected chi connectivity index (χ1v) is 4.31. The van der Waals surface area contributed by atoms with E-state index in [1.54, 1.807) is 0 Å². The number of rotatable bonds is 2. The molecule has 0 aromatic carbocycles. The smallest absolute Gasteiger partial charge is 0.307 e. The minimum absolute atomic E-state index is 0.0139. The third-order valence-electron chi connectivity index (χ3n) is 3.07. The highest BCUT2D eigenvalue weighted by Gasteiger charge is 2.50. The number of allylic oxidation sites excluding steroid dienone is 2. The molecule has 13 heavy (non-hydrogen) atoms. The normalized spacial score (nSPS) is 40.9. The molecule has 0 saturated heterocycles. The molecule has 4 heteroatoms. The number of carboxylic acid groups (broad SMARTS) is 1. The lowest BCUT2D eigenvalue weighted by molar-refractivity contribution is -0.147. The van der Waals surface area contributed by atoms with Crippen LogP contribution in [0, 0.1) is 23.7 Å². The van der Waals surface area contributed by atoms with E-state index in [4.69, 9.17) is 10.8 Å². The van der Waals surface area contributed by atoms with Crippen LogP contribution in [0.1, 0.15) is 6.42 Å². The summed E-state index contributed by atoms with van der Waals surface area (Å²) in [6.07, 6.45) is 4.58. The van der Waals surface area contributed by atoms with Gasteiger partial charge in [0.25, 0.3) is 0 Å². The van der Waals surface area contributed by atoms with Crippen LogP contribution in [0.15, 0.2) is 12.2 Å². The monoisotopic (exact) mass is 181 g/mol. The van der Waals surface area contributed by atoms with Crippen LogP contribution in [0.4, 0.5) is 0 Å². The van der Waals surface area contributed by atoms with Gasteiger partial charge in [0.05, 0.1) is 11.8 Å². The Labute approximate surface area is 75.4 Å². The third-order valence-corrected chi connectivity index (χ3v) is 3.07. The fourth-order valence-electron chi connectivity index (χ4n) is 2.55. The van der Waals surface area contributed by atoms with Crippen molar-refractivity contribution >= 4 is 11.9 Å². The lowest BCUT2D eigenvalue weighted by Gasteiger charge is -2.21. The first kappa shape index (κ1) is 8.29. The largest absolute Gasteiger partial charge is 0.481 e. The molecular formula is C9H11NO3. The summed E-state index contributed by atoms with van der Waals surface area (Å²) in [6, 6.07) is 0. The van der Waals surface area contributed by atoms with E-state index in [9.17, 15) is 9.59 Å². The zero-order valence-electron chi connectivity index (χ0n) is 7.01. The van der Waals surface area contributed by atoms with Gasteiger partial charge >= 0.3 is 5.97 Å². The van der Waals surface area contributed by atoms with Crippen LogP contribution in [0.5, 0.6) is 0 Å². The predicted octanol–water partition coefficient (Wildman–Crippen LogP) is -0.00540. The minimum atomic E-state index is -0.902. The predicted molar refractivity (Wildman–Crippen MR) is 44.5 cm³/mol. The second kappa shape index (κ2) is 2.58. The average Bonchev–Trinajstić information content (AvgIpc) is 2.60. The topological polar surface area (TPSA) is 80.4 Å². The van der Waals surface area contributed by atoms with E-state index in [1.807, 2.05) is 12.2 Å². The molecule has 2 bridgehead atoms. The molecule has 2 rings (SSSR count). The van der Waals surface area contributed by atoms with E-state index in [1.165, 1.54) is 0 Å². The van der Waals surface area contributed by atoms with Crippen LogP contribution in [-0.2, 0) is 9.59 Å². The Morgan fingerprint density at radius 1 is 1.23 bits per heavy atom. The van der Waals surface area contributed by atoms with Gasteiger partial charge in [0.1, 0.15) is 0 Å². The van der Waals surface area contributed by atoms with Crippen molar-refractivity contribution in [1.29, 1.82) is 0 Å². The van der Waals surface area contributed by atoms with Crippen LogP contribution in [0.3, 0.4) is 0 Å². The molecule has 2 aliphatic carbocycles. The summed E-state index contributed by atoms with van der Waals surface area (Å²) in [4.78, 5) is 21.9. The van der Waals surface area contributed by atoms with Crippen LogP contribution in [-0.4, -0.2) is 17.0 Å². The number of fused-ring (bicyclic) bond motifs is 2. The van der Waals surface area contributed by atoms with Crippen molar-refractivity contribution in [3.05, 3.63) is 12.2 Å². The van der Waals surface area contributed by atoms with E-state index in [-0.39, 0.29) is 11.8 Å². The highest BCUT2D eigenvalue weighted by molar-refractivity contribution is 5.85. The summed E-state index contributed by atoms with van der Waals surface area (Å²) in [5.41, 5.74) is 5.18. The van der Waals surface area contributed by atoms with Crippen LogP contribution in [0.2, 0.25) is 0 Å². The Balaban J connectivity index is 2.30. The molecule has 70 valence electrons. The standard InChI is InChI=1S/C9H11NO3/c10-8(11)6-4-1-2-5(3-4)7(6)9(12)13/h1-2,4-7H,3H2,(H2,10,11)(H,12,13)/t4-,5+,6-,7+/m1/s1. The van der Waals surface area contributed by atoms with Crippen molar-refractivity contribution in [2.24, 2.45) is 29.4 Å². The van der Waals surface area contributed by atoms with Gasteiger partial charge in [0.15, 0.2) is 0 Å². The lowest BCUT2D eigenvalue weighted by Crippen LogP contribution is -2.36. The Bertz CT molecular complexity index is 269. The maximum atomic E-state index is 11.0. The van der Waals surface area contributed by atoms with Gasteiger partial charge in [-0.2, -0.15) is 0 Å². The maximum Gasteiger partial charge on any atom is 0.307 e. The van der Waals surface area contributed by atoms with Crippen LogP contribution in [0.25, 0.3) is 0 Å². The van der Waals surface area contributed by atoms with Gasteiger partial charge in [0.2, 0.25) is 5.91 Å². The molecule has 0 unspecified atom stereocenters. The molecule has 0 aliphatic heterocycles. The Morgan fingerprint density at radius 3 is 2.15 bits per heavy atom. The van der Waals surface area contributed by atoms with Crippen molar-refractivity contribution in [2.75, 3.05) is 0 Å². The van der Waals surface area contributed by atoms with Gasteiger partial charge in [0, 0.05) is 0 Å². The molecule has 4 atom stereocenters. The Hall–Kier alpha value is -1.32. The van der Waals surface area contributed by atoms with Crippen LogP contribution < -0.4 is 5.73 Å². The van der Waals surface area contributed by atoms with Gasteiger partial charge in [-0.1, -0.05) is 12.2 Å². The number of primary amides is 1.